The maximum Gasteiger partial charge on any atom is 0.128 e. The Hall–Kier alpha value is -0.450. The fourth-order valence-corrected chi connectivity index (χ4v) is 2.31. The van der Waals surface area contributed by atoms with Gasteiger partial charge in [0.1, 0.15) is 5.82 Å². The molecule has 1 aliphatic heterocycles. The summed E-state index contributed by atoms with van der Waals surface area (Å²) in [4.78, 5) is 2.27. The van der Waals surface area contributed by atoms with E-state index in [9.17, 15) is 4.39 Å². The molecule has 1 aliphatic rings. The second-order valence-electron chi connectivity index (χ2n) is 4.22. The molecule has 16 heavy (non-hydrogen) atoms. The van der Waals surface area contributed by atoms with Gasteiger partial charge in [-0.1, -0.05) is 15.9 Å². The van der Waals surface area contributed by atoms with Crippen molar-refractivity contribution in [2.75, 3.05) is 26.2 Å². The Labute approximate surface area is 104 Å². The zero-order valence-corrected chi connectivity index (χ0v) is 11.0. The van der Waals surface area contributed by atoms with Crippen LogP contribution in [0.5, 0.6) is 0 Å². The highest BCUT2D eigenvalue weighted by molar-refractivity contribution is 9.10. The first-order valence-corrected chi connectivity index (χ1v) is 6.34. The van der Waals surface area contributed by atoms with Gasteiger partial charge in [0.25, 0.3) is 0 Å². The summed E-state index contributed by atoms with van der Waals surface area (Å²) in [5, 5.41) is 3.29. The molecule has 1 fully saturated rings. The highest BCUT2D eigenvalue weighted by atomic mass is 79.9. The van der Waals surface area contributed by atoms with Crippen LogP contribution in [0, 0.1) is 12.7 Å². The topological polar surface area (TPSA) is 15.3 Å². The van der Waals surface area contributed by atoms with Crippen LogP contribution in [0.2, 0.25) is 0 Å². The minimum Gasteiger partial charge on any atom is -0.314 e. The second-order valence-corrected chi connectivity index (χ2v) is 5.07. The first-order chi connectivity index (χ1) is 7.66. The smallest absolute Gasteiger partial charge is 0.128 e. The van der Waals surface area contributed by atoms with E-state index in [2.05, 4.69) is 26.1 Å². The third-order valence-electron chi connectivity index (χ3n) is 2.93. The van der Waals surface area contributed by atoms with Crippen molar-refractivity contribution in [1.82, 2.24) is 10.2 Å². The van der Waals surface area contributed by atoms with Crippen LogP contribution in [0.3, 0.4) is 0 Å². The molecule has 1 aromatic carbocycles. The molecular formula is C12H16BrFN2. The maximum atomic E-state index is 13.7. The number of hydrogen-bond donors (Lipinski definition) is 1. The van der Waals surface area contributed by atoms with Crippen LogP contribution >= 0.6 is 15.9 Å². The van der Waals surface area contributed by atoms with Crippen LogP contribution < -0.4 is 5.32 Å². The van der Waals surface area contributed by atoms with E-state index < -0.39 is 0 Å². The van der Waals surface area contributed by atoms with Gasteiger partial charge in [-0.15, -0.1) is 0 Å². The highest BCUT2D eigenvalue weighted by Crippen LogP contribution is 2.21. The molecule has 1 saturated heterocycles. The zero-order valence-electron chi connectivity index (χ0n) is 9.39. The molecule has 0 unspecified atom stereocenters. The molecule has 4 heteroatoms. The van der Waals surface area contributed by atoms with Crippen molar-refractivity contribution in [2.24, 2.45) is 0 Å². The van der Waals surface area contributed by atoms with Crippen LogP contribution in [0.15, 0.2) is 16.6 Å². The Morgan fingerprint density at radius 2 is 2.06 bits per heavy atom. The quantitative estimate of drug-likeness (QED) is 0.898. The fourth-order valence-electron chi connectivity index (χ4n) is 1.92. The van der Waals surface area contributed by atoms with Gasteiger partial charge in [-0.25, -0.2) is 4.39 Å². The van der Waals surface area contributed by atoms with Crippen molar-refractivity contribution in [3.63, 3.8) is 0 Å². The summed E-state index contributed by atoms with van der Waals surface area (Å²) in [6.07, 6.45) is 0. The average molecular weight is 287 g/mol. The molecule has 0 amide bonds. The lowest BCUT2D eigenvalue weighted by Crippen LogP contribution is -2.43. The normalized spacial score (nSPS) is 17.7. The Balaban J connectivity index is 2.11. The van der Waals surface area contributed by atoms with E-state index in [1.54, 1.807) is 6.07 Å². The molecule has 88 valence electrons. The molecule has 2 nitrogen and oxygen atoms in total. The average Bonchev–Trinajstić information content (AvgIpc) is 2.27. The molecule has 0 radical (unpaired) electrons. The van der Waals surface area contributed by atoms with Gasteiger partial charge in [0.2, 0.25) is 0 Å². The monoisotopic (exact) mass is 286 g/mol. The summed E-state index contributed by atoms with van der Waals surface area (Å²) in [6, 6.07) is 3.49. The van der Waals surface area contributed by atoms with Crippen molar-refractivity contribution < 1.29 is 4.39 Å². The van der Waals surface area contributed by atoms with Crippen molar-refractivity contribution in [2.45, 2.75) is 13.5 Å². The standard InChI is InChI=1S/C12H16BrFN2/c1-9-6-12(14)10(7-11(9)13)8-16-4-2-15-3-5-16/h6-7,15H,2-5,8H2,1H3. The van der Waals surface area contributed by atoms with Crippen LogP contribution in [-0.2, 0) is 6.54 Å². The van der Waals surface area contributed by atoms with Gasteiger partial charge in [-0.2, -0.15) is 0 Å². The Morgan fingerprint density at radius 3 is 2.75 bits per heavy atom. The summed E-state index contributed by atoms with van der Waals surface area (Å²) >= 11 is 3.45. The predicted molar refractivity (Wildman–Crippen MR) is 67.0 cm³/mol. The molecule has 0 aliphatic carbocycles. The third-order valence-corrected chi connectivity index (χ3v) is 3.79. The summed E-state index contributed by atoms with van der Waals surface area (Å²) < 4.78 is 14.7. The minimum atomic E-state index is -0.0979. The van der Waals surface area contributed by atoms with Crippen LogP contribution in [0.25, 0.3) is 0 Å². The third kappa shape index (κ3) is 2.81. The molecule has 0 saturated carbocycles. The molecule has 1 aromatic rings. The molecule has 0 spiro atoms. The van der Waals surface area contributed by atoms with E-state index in [4.69, 9.17) is 0 Å². The van der Waals surface area contributed by atoms with Gasteiger partial charge < -0.3 is 5.32 Å². The number of rotatable bonds is 2. The highest BCUT2D eigenvalue weighted by Gasteiger charge is 2.13. The molecule has 0 aromatic heterocycles. The number of nitrogens with zero attached hydrogens (tertiary/aromatic N) is 1. The number of halogens is 2. The number of aryl methyl sites for hydroxylation is 1. The second kappa shape index (κ2) is 5.25. The molecular weight excluding hydrogens is 271 g/mol. The molecule has 1 N–H and O–H groups in total. The lowest BCUT2D eigenvalue weighted by molar-refractivity contribution is 0.230. The van der Waals surface area contributed by atoms with E-state index in [-0.39, 0.29) is 5.82 Å². The van der Waals surface area contributed by atoms with Gasteiger partial charge in [0.05, 0.1) is 0 Å². The zero-order chi connectivity index (χ0) is 11.5. The predicted octanol–water partition coefficient (Wildman–Crippen LogP) is 2.30. The van der Waals surface area contributed by atoms with Gasteiger partial charge in [-0.05, 0) is 24.6 Å². The van der Waals surface area contributed by atoms with Gasteiger partial charge >= 0.3 is 0 Å². The van der Waals surface area contributed by atoms with E-state index >= 15 is 0 Å². The Morgan fingerprint density at radius 1 is 1.38 bits per heavy atom. The first kappa shape index (κ1) is 12.0. The Bertz CT molecular complexity index is 376. The molecule has 0 bridgehead atoms. The van der Waals surface area contributed by atoms with E-state index in [0.29, 0.717) is 6.54 Å². The van der Waals surface area contributed by atoms with E-state index in [1.807, 2.05) is 13.0 Å². The minimum absolute atomic E-state index is 0.0979. The van der Waals surface area contributed by atoms with Crippen molar-refractivity contribution in [3.8, 4) is 0 Å². The number of hydrogen-bond acceptors (Lipinski definition) is 2. The van der Waals surface area contributed by atoms with Crippen molar-refractivity contribution >= 4 is 15.9 Å². The summed E-state index contributed by atoms with van der Waals surface area (Å²) in [6.45, 7) is 6.58. The number of nitrogens with one attached hydrogen (secondary N) is 1. The molecule has 2 rings (SSSR count). The summed E-state index contributed by atoms with van der Waals surface area (Å²) in [7, 11) is 0. The van der Waals surface area contributed by atoms with Crippen LogP contribution in [0.4, 0.5) is 4.39 Å². The number of piperazine rings is 1. The summed E-state index contributed by atoms with van der Waals surface area (Å²) in [5.74, 6) is -0.0979. The van der Waals surface area contributed by atoms with Crippen molar-refractivity contribution in [3.05, 3.63) is 33.5 Å². The van der Waals surface area contributed by atoms with Crippen LogP contribution in [-0.4, -0.2) is 31.1 Å². The maximum absolute atomic E-state index is 13.7. The van der Waals surface area contributed by atoms with E-state index in [0.717, 1.165) is 41.8 Å². The molecule has 0 atom stereocenters. The van der Waals surface area contributed by atoms with Gasteiger partial charge in [0, 0.05) is 42.8 Å². The fraction of sp³-hybridized carbons (Fsp3) is 0.500. The molecule has 1 heterocycles. The largest absolute Gasteiger partial charge is 0.314 e. The SMILES string of the molecule is Cc1cc(F)c(CN2CCNCC2)cc1Br. The lowest BCUT2D eigenvalue weighted by atomic mass is 10.1. The Kier molecular flexibility index (Phi) is 3.95. The van der Waals surface area contributed by atoms with Crippen molar-refractivity contribution in [1.29, 1.82) is 0 Å². The summed E-state index contributed by atoms with van der Waals surface area (Å²) in [5.41, 5.74) is 1.72. The van der Waals surface area contributed by atoms with Gasteiger partial charge in [0.15, 0.2) is 0 Å². The van der Waals surface area contributed by atoms with Crippen LogP contribution in [0.1, 0.15) is 11.1 Å². The lowest BCUT2D eigenvalue weighted by Gasteiger charge is -2.27. The van der Waals surface area contributed by atoms with E-state index in [1.165, 1.54) is 0 Å². The van der Waals surface area contributed by atoms with Gasteiger partial charge in [-0.3, -0.25) is 4.90 Å². The number of benzene rings is 1. The first-order valence-electron chi connectivity index (χ1n) is 5.54.